The van der Waals surface area contributed by atoms with Crippen molar-refractivity contribution in [1.82, 2.24) is 0 Å². The van der Waals surface area contributed by atoms with Crippen molar-refractivity contribution in [2.75, 3.05) is 0 Å². The summed E-state index contributed by atoms with van der Waals surface area (Å²) in [5.74, 6) is -2.07. The van der Waals surface area contributed by atoms with Gasteiger partial charge >= 0.3 is 41.5 Å². The molecule has 160 valence electrons. The van der Waals surface area contributed by atoms with Crippen molar-refractivity contribution in [2.24, 2.45) is 5.41 Å². The van der Waals surface area contributed by atoms with Crippen molar-refractivity contribution in [3.8, 4) is 0 Å². The standard InChI is InChI=1S/C23H42O4.Na.H/c1-3-5-6-7-8-9-10-11-12-13-14-15-16-17-19-23(18-4-2,22(26)27)20-21(24)25;;/h4H,2-3,5-20H2,1H3,(H,24,25)(H,26,27);;. The zero-order valence-corrected chi connectivity index (χ0v) is 17.5. The van der Waals surface area contributed by atoms with Crippen LogP contribution < -0.4 is 0 Å². The van der Waals surface area contributed by atoms with E-state index in [9.17, 15) is 14.7 Å². The molecule has 5 heteroatoms. The van der Waals surface area contributed by atoms with Gasteiger partial charge in [-0.15, -0.1) is 6.58 Å². The number of allylic oxidation sites excluding steroid dienone is 1. The van der Waals surface area contributed by atoms with Crippen molar-refractivity contribution >= 4 is 41.5 Å². The van der Waals surface area contributed by atoms with Gasteiger partial charge in [-0.1, -0.05) is 103 Å². The van der Waals surface area contributed by atoms with Gasteiger partial charge in [-0.2, -0.15) is 0 Å². The van der Waals surface area contributed by atoms with E-state index in [0.29, 0.717) is 6.42 Å². The SMILES string of the molecule is C=CCC(CCCCCCCCCCCCCCCC)(CC(=O)O)C(=O)O.[NaH]. The summed E-state index contributed by atoms with van der Waals surface area (Å²) in [6.45, 7) is 5.85. The van der Waals surface area contributed by atoms with Crippen LogP contribution in [0.25, 0.3) is 0 Å². The number of carboxylic acid groups (broad SMARTS) is 2. The first-order valence-corrected chi connectivity index (χ1v) is 11.0. The molecule has 0 bridgehead atoms. The van der Waals surface area contributed by atoms with Gasteiger partial charge in [-0.3, -0.25) is 9.59 Å². The Kier molecular flexibility index (Phi) is 21.3. The van der Waals surface area contributed by atoms with Gasteiger partial charge in [-0.25, -0.2) is 0 Å². The number of carbonyl (C=O) groups is 2. The molecule has 1 unspecified atom stereocenters. The van der Waals surface area contributed by atoms with Crippen LogP contribution in [0.5, 0.6) is 0 Å². The molecule has 28 heavy (non-hydrogen) atoms. The third-order valence-corrected chi connectivity index (χ3v) is 5.49. The predicted octanol–water partition coefficient (Wildman–Crippen LogP) is 6.33. The van der Waals surface area contributed by atoms with Crippen molar-refractivity contribution in [1.29, 1.82) is 0 Å². The molecular formula is C23H43NaO4. The molecule has 0 aromatic rings. The molecule has 0 aliphatic rings. The fraction of sp³-hybridized carbons (Fsp3) is 0.826. The van der Waals surface area contributed by atoms with Gasteiger partial charge in [0.05, 0.1) is 11.8 Å². The first kappa shape index (κ1) is 29.9. The number of rotatable bonds is 20. The first-order valence-electron chi connectivity index (χ1n) is 11.0. The molecule has 0 aliphatic heterocycles. The Morgan fingerprint density at radius 3 is 1.50 bits per heavy atom. The molecule has 0 saturated carbocycles. The molecule has 0 fully saturated rings. The number of aliphatic carboxylic acids is 2. The van der Waals surface area contributed by atoms with E-state index in [-0.39, 0.29) is 42.4 Å². The zero-order chi connectivity index (χ0) is 20.4. The first-order chi connectivity index (χ1) is 13.0. The summed E-state index contributed by atoms with van der Waals surface area (Å²) in [5.41, 5.74) is -1.19. The summed E-state index contributed by atoms with van der Waals surface area (Å²) in [4.78, 5) is 22.6. The van der Waals surface area contributed by atoms with E-state index in [1.165, 1.54) is 76.7 Å². The van der Waals surface area contributed by atoms with Crippen LogP contribution in [0.3, 0.4) is 0 Å². The van der Waals surface area contributed by atoms with Gasteiger partial charge in [0.1, 0.15) is 0 Å². The molecule has 0 saturated heterocycles. The Labute approximate surface area is 194 Å². The second-order valence-corrected chi connectivity index (χ2v) is 7.99. The van der Waals surface area contributed by atoms with Gasteiger partial charge in [0.15, 0.2) is 0 Å². The molecule has 0 aromatic heterocycles. The molecular weight excluding hydrogens is 363 g/mol. The second kappa shape index (κ2) is 20.0. The Balaban J connectivity index is 0. The van der Waals surface area contributed by atoms with Crippen LogP contribution in [-0.4, -0.2) is 51.7 Å². The summed E-state index contributed by atoms with van der Waals surface area (Å²) in [7, 11) is 0. The number of unbranched alkanes of at least 4 members (excludes halogenated alkanes) is 13. The topological polar surface area (TPSA) is 74.6 Å². The van der Waals surface area contributed by atoms with E-state index in [2.05, 4.69) is 13.5 Å². The van der Waals surface area contributed by atoms with Crippen molar-refractivity contribution < 1.29 is 19.8 Å². The molecule has 0 amide bonds. The second-order valence-electron chi connectivity index (χ2n) is 7.99. The van der Waals surface area contributed by atoms with E-state index in [1.807, 2.05) is 0 Å². The van der Waals surface area contributed by atoms with Crippen LogP contribution in [-0.2, 0) is 9.59 Å². The van der Waals surface area contributed by atoms with Crippen molar-refractivity contribution in [3.05, 3.63) is 12.7 Å². The molecule has 4 nitrogen and oxygen atoms in total. The fourth-order valence-electron chi connectivity index (χ4n) is 3.76. The van der Waals surface area contributed by atoms with Gasteiger partial charge < -0.3 is 10.2 Å². The van der Waals surface area contributed by atoms with Crippen LogP contribution in [0.4, 0.5) is 0 Å². The number of hydrogen-bond acceptors (Lipinski definition) is 2. The van der Waals surface area contributed by atoms with Gasteiger partial charge in [0.2, 0.25) is 0 Å². The van der Waals surface area contributed by atoms with Crippen LogP contribution in [0.15, 0.2) is 12.7 Å². The van der Waals surface area contributed by atoms with Crippen LogP contribution in [0, 0.1) is 5.41 Å². The van der Waals surface area contributed by atoms with Crippen molar-refractivity contribution in [2.45, 2.75) is 116 Å². The van der Waals surface area contributed by atoms with Crippen LogP contribution in [0.2, 0.25) is 0 Å². The number of hydrogen-bond donors (Lipinski definition) is 2. The third-order valence-electron chi connectivity index (χ3n) is 5.49. The van der Waals surface area contributed by atoms with Crippen molar-refractivity contribution in [3.63, 3.8) is 0 Å². The monoisotopic (exact) mass is 406 g/mol. The van der Waals surface area contributed by atoms with Gasteiger partial charge in [-0.05, 0) is 12.8 Å². The minimum absolute atomic E-state index is 0. The minimum atomic E-state index is -1.19. The van der Waals surface area contributed by atoms with Gasteiger partial charge in [0, 0.05) is 0 Å². The van der Waals surface area contributed by atoms with Gasteiger partial charge in [0.25, 0.3) is 0 Å². The summed E-state index contributed by atoms with van der Waals surface area (Å²) in [6, 6.07) is 0. The third kappa shape index (κ3) is 15.6. The Hall–Kier alpha value is -0.320. The molecule has 2 N–H and O–H groups in total. The molecule has 0 aromatic carbocycles. The molecule has 0 aliphatic carbocycles. The summed E-state index contributed by atoms with van der Waals surface area (Å²) in [5, 5.41) is 18.5. The molecule has 0 heterocycles. The predicted molar refractivity (Wildman–Crippen MR) is 119 cm³/mol. The fourth-order valence-corrected chi connectivity index (χ4v) is 3.76. The van der Waals surface area contributed by atoms with E-state index in [1.54, 1.807) is 0 Å². The maximum absolute atomic E-state index is 11.6. The quantitative estimate of drug-likeness (QED) is 0.141. The molecule has 0 spiro atoms. The molecule has 1 atom stereocenters. The summed E-state index contributed by atoms with van der Waals surface area (Å²) in [6.07, 6.45) is 19.3. The zero-order valence-electron chi connectivity index (χ0n) is 17.5. The molecule has 0 rings (SSSR count). The van der Waals surface area contributed by atoms with E-state index >= 15 is 0 Å². The Morgan fingerprint density at radius 2 is 1.18 bits per heavy atom. The summed E-state index contributed by atoms with van der Waals surface area (Å²) >= 11 is 0. The van der Waals surface area contributed by atoms with E-state index in [4.69, 9.17) is 5.11 Å². The van der Waals surface area contributed by atoms with E-state index in [0.717, 1.165) is 19.3 Å². The normalized spacial score (nSPS) is 12.8. The molecule has 0 radical (unpaired) electrons. The Morgan fingerprint density at radius 1 is 0.786 bits per heavy atom. The average molecular weight is 407 g/mol. The average Bonchev–Trinajstić information content (AvgIpc) is 2.61. The van der Waals surface area contributed by atoms with E-state index < -0.39 is 17.4 Å². The number of carboxylic acids is 2. The summed E-state index contributed by atoms with van der Waals surface area (Å²) < 4.78 is 0. The van der Waals surface area contributed by atoms with Crippen LogP contribution in [0.1, 0.15) is 116 Å². The van der Waals surface area contributed by atoms with Crippen LogP contribution >= 0.6 is 0 Å². The Bertz CT molecular complexity index is 411. The maximum atomic E-state index is 11.6.